The van der Waals surface area contributed by atoms with Gasteiger partial charge in [-0.2, -0.15) is 0 Å². The van der Waals surface area contributed by atoms with E-state index in [-0.39, 0.29) is 24.3 Å². The second-order valence-corrected chi connectivity index (χ2v) is 4.90. The Morgan fingerprint density at radius 1 is 1.44 bits per heavy atom. The highest BCUT2D eigenvalue weighted by atomic mass is 16.5. The molecule has 0 aliphatic carbocycles. The number of likely N-dealkylation sites (tertiary alicyclic amines) is 1. The van der Waals surface area contributed by atoms with Gasteiger partial charge in [0.2, 0.25) is 5.91 Å². The van der Waals surface area contributed by atoms with Crippen molar-refractivity contribution in [3.63, 3.8) is 0 Å². The van der Waals surface area contributed by atoms with E-state index in [9.17, 15) is 14.7 Å². The Hall–Kier alpha value is -1.10. The van der Waals surface area contributed by atoms with Crippen molar-refractivity contribution in [2.45, 2.75) is 57.6 Å². The number of carbonyl (C=O) groups excluding carboxylic acids is 2. The number of esters is 1. The summed E-state index contributed by atoms with van der Waals surface area (Å²) < 4.78 is 4.66. The molecule has 1 saturated heterocycles. The fraction of sp³-hybridized carbons (Fsp3) is 0.846. The second-order valence-electron chi connectivity index (χ2n) is 4.90. The molecule has 1 aliphatic rings. The van der Waals surface area contributed by atoms with Crippen LogP contribution in [0.4, 0.5) is 0 Å². The van der Waals surface area contributed by atoms with Gasteiger partial charge in [-0.3, -0.25) is 9.59 Å². The van der Waals surface area contributed by atoms with Crippen LogP contribution >= 0.6 is 0 Å². The van der Waals surface area contributed by atoms with Gasteiger partial charge in [0.05, 0.1) is 19.6 Å². The van der Waals surface area contributed by atoms with Gasteiger partial charge in [0.1, 0.15) is 0 Å². The summed E-state index contributed by atoms with van der Waals surface area (Å²) in [6.45, 7) is 2.38. The molecule has 1 heterocycles. The number of piperidine rings is 1. The first-order valence-corrected chi connectivity index (χ1v) is 6.59. The Kier molecular flexibility index (Phi) is 6.12. The minimum Gasteiger partial charge on any atom is -0.469 e. The zero-order valence-electron chi connectivity index (χ0n) is 11.2. The maximum absolute atomic E-state index is 12.0. The van der Waals surface area contributed by atoms with Crippen LogP contribution in [0.3, 0.4) is 0 Å². The van der Waals surface area contributed by atoms with Gasteiger partial charge in [-0.1, -0.05) is 0 Å². The average molecular weight is 257 g/mol. The molecule has 0 saturated carbocycles. The molecular weight excluding hydrogens is 234 g/mol. The van der Waals surface area contributed by atoms with Crippen molar-refractivity contribution in [2.24, 2.45) is 0 Å². The predicted octanol–water partition coefficient (Wildman–Crippen LogP) is 1.09. The number of aliphatic hydroxyl groups is 1. The first-order chi connectivity index (χ1) is 8.54. The van der Waals surface area contributed by atoms with Crippen LogP contribution in [0.2, 0.25) is 0 Å². The van der Waals surface area contributed by atoms with E-state index in [1.807, 2.05) is 0 Å². The summed E-state index contributed by atoms with van der Waals surface area (Å²) in [5.41, 5.74) is 0. The fourth-order valence-electron chi connectivity index (χ4n) is 2.29. The van der Waals surface area contributed by atoms with E-state index in [2.05, 4.69) is 4.74 Å². The van der Waals surface area contributed by atoms with Crippen molar-refractivity contribution in [1.82, 2.24) is 4.90 Å². The minimum atomic E-state index is -0.460. The Morgan fingerprint density at radius 3 is 2.78 bits per heavy atom. The van der Waals surface area contributed by atoms with E-state index >= 15 is 0 Å². The van der Waals surface area contributed by atoms with Crippen LogP contribution in [-0.2, 0) is 14.3 Å². The number of methoxy groups -OCH3 is 1. The summed E-state index contributed by atoms with van der Waals surface area (Å²) in [6, 6.07) is -0.0345. The Bertz CT molecular complexity index is 291. The topological polar surface area (TPSA) is 66.8 Å². The molecule has 1 amide bonds. The third-order valence-corrected chi connectivity index (χ3v) is 3.35. The minimum absolute atomic E-state index is 0.0319. The molecule has 104 valence electrons. The van der Waals surface area contributed by atoms with Crippen molar-refractivity contribution in [3.8, 4) is 0 Å². The van der Waals surface area contributed by atoms with E-state index in [0.29, 0.717) is 19.4 Å². The standard InChI is InChI=1S/C13H23NO4/c1-10(15)6-7-12(16)14-8-4-3-5-11(14)9-13(17)18-2/h10-11,15H,3-9H2,1-2H3. The van der Waals surface area contributed by atoms with Gasteiger partial charge in [0, 0.05) is 19.0 Å². The van der Waals surface area contributed by atoms with Crippen LogP contribution < -0.4 is 0 Å². The summed E-state index contributed by atoms with van der Waals surface area (Å²) in [6.07, 6.45) is 3.51. The highest BCUT2D eigenvalue weighted by molar-refractivity contribution is 5.78. The molecule has 2 unspecified atom stereocenters. The predicted molar refractivity (Wildman–Crippen MR) is 66.9 cm³/mol. The Labute approximate surface area is 108 Å². The molecule has 2 atom stereocenters. The van der Waals surface area contributed by atoms with Crippen LogP contribution in [0.5, 0.6) is 0 Å². The molecule has 1 fully saturated rings. The normalized spacial score (nSPS) is 21.5. The Balaban J connectivity index is 2.52. The monoisotopic (exact) mass is 257 g/mol. The first-order valence-electron chi connectivity index (χ1n) is 6.59. The first kappa shape index (κ1) is 15.0. The quantitative estimate of drug-likeness (QED) is 0.749. The number of amides is 1. The molecular formula is C13H23NO4. The van der Waals surface area contributed by atoms with E-state index in [1.165, 1.54) is 7.11 Å². The van der Waals surface area contributed by atoms with E-state index < -0.39 is 6.10 Å². The van der Waals surface area contributed by atoms with Crippen molar-refractivity contribution < 1.29 is 19.4 Å². The molecule has 0 bridgehead atoms. The zero-order valence-corrected chi connectivity index (χ0v) is 11.2. The molecule has 0 radical (unpaired) electrons. The van der Waals surface area contributed by atoms with E-state index in [1.54, 1.807) is 11.8 Å². The van der Waals surface area contributed by atoms with Gasteiger partial charge in [-0.15, -0.1) is 0 Å². The maximum Gasteiger partial charge on any atom is 0.307 e. The van der Waals surface area contributed by atoms with Crippen LogP contribution in [0, 0.1) is 0 Å². The number of hydrogen-bond acceptors (Lipinski definition) is 4. The number of rotatable bonds is 5. The summed E-state index contributed by atoms with van der Waals surface area (Å²) >= 11 is 0. The van der Waals surface area contributed by atoms with E-state index in [0.717, 1.165) is 19.3 Å². The lowest BCUT2D eigenvalue weighted by Gasteiger charge is -2.35. The SMILES string of the molecule is COC(=O)CC1CCCCN1C(=O)CCC(C)O. The van der Waals surface area contributed by atoms with Gasteiger partial charge < -0.3 is 14.7 Å². The molecule has 1 N–H and O–H groups in total. The molecule has 1 rings (SSSR count). The van der Waals surface area contributed by atoms with Crippen LogP contribution in [0.1, 0.15) is 45.4 Å². The lowest BCUT2D eigenvalue weighted by atomic mass is 9.98. The number of aliphatic hydroxyl groups excluding tert-OH is 1. The van der Waals surface area contributed by atoms with Crippen molar-refractivity contribution >= 4 is 11.9 Å². The molecule has 0 aromatic heterocycles. The van der Waals surface area contributed by atoms with Gasteiger partial charge in [-0.05, 0) is 32.6 Å². The average Bonchev–Trinajstić information content (AvgIpc) is 2.36. The van der Waals surface area contributed by atoms with Crippen LogP contribution in [0.25, 0.3) is 0 Å². The van der Waals surface area contributed by atoms with Crippen molar-refractivity contribution in [2.75, 3.05) is 13.7 Å². The molecule has 0 spiro atoms. The van der Waals surface area contributed by atoms with Gasteiger partial charge in [-0.25, -0.2) is 0 Å². The van der Waals surface area contributed by atoms with E-state index in [4.69, 9.17) is 0 Å². The number of hydrogen-bond donors (Lipinski definition) is 1. The van der Waals surface area contributed by atoms with Crippen LogP contribution in [-0.4, -0.2) is 47.7 Å². The Morgan fingerprint density at radius 2 is 2.17 bits per heavy atom. The van der Waals surface area contributed by atoms with Gasteiger partial charge >= 0.3 is 5.97 Å². The highest BCUT2D eigenvalue weighted by Crippen LogP contribution is 2.21. The fourth-order valence-corrected chi connectivity index (χ4v) is 2.29. The molecule has 5 heteroatoms. The lowest BCUT2D eigenvalue weighted by Crippen LogP contribution is -2.45. The zero-order chi connectivity index (χ0) is 13.5. The molecule has 0 aromatic carbocycles. The summed E-state index contributed by atoms with van der Waals surface area (Å²) in [5, 5.41) is 9.20. The third-order valence-electron chi connectivity index (χ3n) is 3.35. The van der Waals surface area contributed by atoms with Crippen molar-refractivity contribution in [3.05, 3.63) is 0 Å². The second kappa shape index (κ2) is 7.36. The number of carbonyl (C=O) groups is 2. The number of ether oxygens (including phenoxy) is 1. The van der Waals surface area contributed by atoms with Gasteiger partial charge in [0.15, 0.2) is 0 Å². The maximum atomic E-state index is 12.0. The molecule has 5 nitrogen and oxygen atoms in total. The summed E-state index contributed by atoms with van der Waals surface area (Å²) in [5.74, 6) is -0.236. The van der Waals surface area contributed by atoms with Gasteiger partial charge in [0.25, 0.3) is 0 Å². The summed E-state index contributed by atoms with van der Waals surface area (Å²) in [4.78, 5) is 25.1. The largest absolute Gasteiger partial charge is 0.469 e. The molecule has 0 aromatic rings. The highest BCUT2D eigenvalue weighted by Gasteiger charge is 2.28. The van der Waals surface area contributed by atoms with Crippen molar-refractivity contribution in [1.29, 1.82) is 0 Å². The lowest BCUT2D eigenvalue weighted by molar-refractivity contribution is -0.144. The third kappa shape index (κ3) is 4.64. The smallest absolute Gasteiger partial charge is 0.307 e. The van der Waals surface area contributed by atoms with Crippen LogP contribution in [0.15, 0.2) is 0 Å². The number of nitrogens with zero attached hydrogens (tertiary/aromatic N) is 1. The molecule has 1 aliphatic heterocycles. The molecule has 18 heavy (non-hydrogen) atoms. The summed E-state index contributed by atoms with van der Waals surface area (Å²) in [7, 11) is 1.37.